The lowest BCUT2D eigenvalue weighted by atomic mass is 9.95. The van der Waals surface area contributed by atoms with Gasteiger partial charge in [-0.3, -0.25) is 20.4 Å². The van der Waals surface area contributed by atoms with Crippen LogP contribution < -0.4 is 20.3 Å². The van der Waals surface area contributed by atoms with Crippen LogP contribution in [-0.2, 0) is 12.8 Å². The van der Waals surface area contributed by atoms with E-state index in [0.717, 1.165) is 30.2 Å². The number of aromatic amines is 1. The molecule has 3 N–H and O–H groups in total. The van der Waals surface area contributed by atoms with Crippen molar-refractivity contribution in [2.24, 2.45) is 0 Å². The average molecular weight is 391 g/mol. The van der Waals surface area contributed by atoms with E-state index in [9.17, 15) is 9.59 Å². The van der Waals surface area contributed by atoms with Crippen molar-refractivity contribution < 1.29 is 19.1 Å². The third kappa shape index (κ3) is 3.18. The van der Waals surface area contributed by atoms with Gasteiger partial charge in [0.1, 0.15) is 13.2 Å². The fourth-order valence-electron chi connectivity index (χ4n) is 4.06. The van der Waals surface area contributed by atoms with Gasteiger partial charge in [0.25, 0.3) is 11.8 Å². The van der Waals surface area contributed by atoms with Crippen molar-refractivity contribution in [2.45, 2.75) is 25.7 Å². The van der Waals surface area contributed by atoms with Gasteiger partial charge >= 0.3 is 0 Å². The first-order valence-electron chi connectivity index (χ1n) is 9.83. The highest BCUT2D eigenvalue weighted by Gasteiger charge is 2.20. The Morgan fingerprint density at radius 2 is 1.69 bits per heavy atom. The molecule has 3 aromatic rings. The topological polar surface area (TPSA) is 92.5 Å². The van der Waals surface area contributed by atoms with Gasteiger partial charge in [-0.1, -0.05) is 12.1 Å². The number of nitrogens with one attached hydrogen (secondary N) is 3. The molecule has 0 saturated heterocycles. The number of H-pyrrole nitrogens is 1. The van der Waals surface area contributed by atoms with Crippen molar-refractivity contribution in [1.82, 2.24) is 15.8 Å². The van der Waals surface area contributed by atoms with Gasteiger partial charge < -0.3 is 14.5 Å². The van der Waals surface area contributed by atoms with Gasteiger partial charge in [-0.05, 0) is 55.5 Å². The van der Waals surface area contributed by atoms with Gasteiger partial charge in [-0.25, -0.2) is 0 Å². The molecule has 1 aliphatic heterocycles. The number of ether oxygens (including phenoxy) is 2. The molecule has 7 heteroatoms. The lowest BCUT2D eigenvalue weighted by Crippen LogP contribution is -2.41. The van der Waals surface area contributed by atoms with Crippen LogP contribution in [0.1, 0.15) is 44.8 Å². The minimum Gasteiger partial charge on any atom is -0.486 e. The summed E-state index contributed by atoms with van der Waals surface area (Å²) in [7, 11) is 0. The second kappa shape index (κ2) is 7.16. The molecule has 0 unspecified atom stereocenters. The fraction of sp³-hybridized carbons (Fsp3) is 0.273. The number of carbonyl (C=O) groups is 2. The normalized spacial score (nSPS) is 14.9. The van der Waals surface area contributed by atoms with E-state index < -0.39 is 5.91 Å². The highest BCUT2D eigenvalue weighted by molar-refractivity contribution is 6.07. The number of aryl methyl sites for hydroxylation is 2. The Morgan fingerprint density at radius 1 is 0.897 bits per heavy atom. The zero-order valence-electron chi connectivity index (χ0n) is 15.8. The molecule has 0 spiro atoms. The molecule has 7 nitrogen and oxygen atoms in total. The summed E-state index contributed by atoms with van der Waals surface area (Å²) >= 11 is 0. The van der Waals surface area contributed by atoms with Crippen LogP contribution in [0.5, 0.6) is 11.5 Å². The van der Waals surface area contributed by atoms with Crippen LogP contribution in [0, 0.1) is 0 Å². The summed E-state index contributed by atoms with van der Waals surface area (Å²) in [4.78, 5) is 28.6. The van der Waals surface area contributed by atoms with E-state index in [-0.39, 0.29) is 5.91 Å². The van der Waals surface area contributed by atoms with E-state index in [2.05, 4.69) is 15.8 Å². The molecule has 2 aromatic carbocycles. The summed E-state index contributed by atoms with van der Waals surface area (Å²) in [6, 6.07) is 10.6. The first-order valence-corrected chi connectivity index (χ1v) is 9.83. The fourth-order valence-corrected chi connectivity index (χ4v) is 4.06. The average Bonchev–Trinajstić information content (AvgIpc) is 3.15. The van der Waals surface area contributed by atoms with Gasteiger partial charge in [0, 0.05) is 16.6 Å². The standard InChI is InChI=1S/C22H21N3O4/c26-21(13-8-9-18-19(12-13)29-11-10-28-18)24-25-22(27)16-6-3-5-15-14-4-1-2-7-17(14)23-20(15)16/h3,5-6,8-9,12,23H,1-2,4,7,10-11H2,(H,24,26)(H,25,27). The maximum absolute atomic E-state index is 12.7. The maximum atomic E-state index is 12.7. The first kappa shape index (κ1) is 17.6. The number of rotatable bonds is 2. The van der Waals surface area contributed by atoms with Crippen LogP contribution in [0.2, 0.25) is 0 Å². The van der Waals surface area contributed by atoms with Gasteiger partial charge in [0.05, 0.1) is 11.1 Å². The van der Waals surface area contributed by atoms with Crippen LogP contribution in [0.25, 0.3) is 10.9 Å². The number of amides is 2. The Kier molecular flexibility index (Phi) is 4.35. The van der Waals surface area contributed by atoms with Gasteiger partial charge in [-0.15, -0.1) is 0 Å². The second-order valence-corrected chi connectivity index (χ2v) is 7.28. The number of fused-ring (bicyclic) bond motifs is 4. The van der Waals surface area contributed by atoms with Crippen LogP contribution in [0.3, 0.4) is 0 Å². The SMILES string of the molecule is O=C(NNC(=O)c1cccc2c3c([nH]c12)CCCC3)c1ccc2c(c1)OCCO2. The van der Waals surface area contributed by atoms with Crippen molar-refractivity contribution in [3.8, 4) is 11.5 Å². The molecule has 1 aromatic heterocycles. The van der Waals surface area contributed by atoms with Gasteiger partial charge in [0.15, 0.2) is 11.5 Å². The van der Waals surface area contributed by atoms with Gasteiger partial charge in [-0.2, -0.15) is 0 Å². The molecule has 148 valence electrons. The molecular formula is C22H21N3O4. The molecule has 0 bridgehead atoms. The number of para-hydroxylation sites is 1. The summed E-state index contributed by atoms with van der Waals surface area (Å²) in [6.45, 7) is 0.932. The summed E-state index contributed by atoms with van der Waals surface area (Å²) in [5.41, 5.74) is 9.24. The number of benzene rings is 2. The quantitative estimate of drug-likeness (QED) is 0.586. The Morgan fingerprint density at radius 3 is 2.59 bits per heavy atom. The highest BCUT2D eigenvalue weighted by Crippen LogP contribution is 2.31. The predicted octanol–water partition coefficient (Wildman–Crippen LogP) is 2.89. The number of hydrogen-bond acceptors (Lipinski definition) is 4. The van der Waals surface area contributed by atoms with Crippen LogP contribution in [0.4, 0.5) is 0 Å². The molecule has 0 atom stereocenters. The molecule has 0 fully saturated rings. The van der Waals surface area contributed by atoms with Gasteiger partial charge in [0.2, 0.25) is 0 Å². The maximum Gasteiger partial charge on any atom is 0.271 e. The summed E-state index contributed by atoms with van der Waals surface area (Å²) < 4.78 is 11.0. The Bertz CT molecular complexity index is 1120. The molecule has 1 aliphatic carbocycles. The van der Waals surface area contributed by atoms with Crippen LogP contribution in [-0.4, -0.2) is 30.0 Å². The van der Waals surface area contributed by atoms with Crippen LogP contribution >= 0.6 is 0 Å². The van der Waals surface area contributed by atoms with Crippen molar-refractivity contribution in [2.75, 3.05) is 13.2 Å². The van der Waals surface area contributed by atoms with E-state index in [0.29, 0.717) is 35.8 Å². The number of hydrazine groups is 1. The van der Waals surface area contributed by atoms with Crippen molar-refractivity contribution in [3.05, 3.63) is 58.8 Å². The molecule has 2 aliphatic rings. The predicted molar refractivity (Wildman–Crippen MR) is 107 cm³/mol. The Balaban J connectivity index is 1.33. The summed E-state index contributed by atoms with van der Waals surface area (Å²) in [5.74, 6) is 0.351. The third-order valence-electron chi connectivity index (χ3n) is 5.47. The Hall–Kier alpha value is -3.48. The van der Waals surface area contributed by atoms with E-state index in [1.54, 1.807) is 24.3 Å². The monoisotopic (exact) mass is 391 g/mol. The van der Waals surface area contributed by atoms with E-state index in [4.69, 9.17) is 9.47 Å². The lowest BCUT2D eigenvalue weighted by Gasteiger charge is -2.18. The molecular weight excluding hydrogens is 370 g/mol. The Labute approximate surface area is 167 Å². The zero-order chi connectivity index (χ0) is 19.8. The van der Waals surface area contributed by atoms with Crippen molar-refractivity contribution in [3.63, 3.8) is 0 Å². The molecule has 29 heavy (non-hydrogen) atoms. The van der Waals surface area contributed by atoms with Crippen molar-refractivity contribution >= 4 is 22.7 Å². The van der Waals surface area contributed by atoms with E-state index >= 15 is 0 Å². The minimum atomic E-state index is -0.423. The summed E-state index contributed by atoms with van der Waals surface area (Å²) in [6.07, 6.45) is 4.36. The largest absolute Gasteiger partial charge is 0.486 e. The van der Waals surface area contributed by atoms with Crippen molar-refractivity contribution in [1.29, 1.82) is 0 Å². The number of aromatic nitrogens is 1. The molecule has 5 rings (SSSR count). The number of hydrogen-bond donors (Lipinski definition) is 3. The molecule has 0 saturated carbocycles. The summed E-state index contributed by atoms with van der Waals surface area (Å²) in [5, 5.41) is 1.09. The molecule has 0 radical (unpaired) electrons. The van der Waals surface area contributed by atoms with E-state index in [1.807, 2.05) is 12.1 Å². The molecule has 2 heterocycles. The minimum absolute atomic E-state index is 0.361. The van der Waals surface area contributed by atoms with E-state index in [1.165, 1.54) is 17.7 Å². The number of carbonyl (C=O) groups excluding carboxylic acids is 2. The lowest BCUT2D eigenvalue weighted by molar-refractivity contribution is 0.0847. The second-order valence-electron chi connectivity index (χ2n) is 7.28. The smallest absolute Gasteiger partial charge is 0.271 e. The first-order chi connectivity index (χ1) is 14.2. The third-order valence-corrected chi connectivity index (χ3v) is 5.47. The molecule has 2 amide bonds. The highest BCUT2D eigenvalue weighted by atomic mass is 16.6. The zero-order valence-corrected chi connectivity index (χ0v) is 15.8. The van der Waals surface area contributed by atoms with Crippen LogP contribution in [0.15, 0.2) is 36.4 Å².